The van der Waals surface area contributed by atoms with E-state index in [-0.39, 0.29) is 29.4 Å². The summed E-state index contributed by atoms with van der Waals surface area (Å²) in [5, 5.41) is 0.532. The standard InChI is InChI=1S/C25H25N3O5S2/c1-32-19-8-10-20(11-9-19)35(30,31)16-4-7-23(29)28(17-18-12-14-26-15-13-18)25-27-24-21(33-2)5-3-6-22(24)34-25/h3,5-6,8-15H,4,7,16-17H2,1-2H3. The maximum atomic E-state index is 13.3. The number of aromatic nitrogens is 2. The van der Waals surface area contributed by atoms with Crippen molar-refractivity contribution in [3.05, 3.63) is 72.6 Å². The van der Waals surface area contributed by atoms with Gasteiger partial charge in [0.25, 0.3) is 0 Å². The van der Waals surface area contributed by atoms with Crippen molar-refractivity contribution in [2.45, 2.75) is 24.3 Å². The number of sulfone groups is 1. The number of amides is 1. The lowest BCUT2D eigenvalue weighted by Crippen LogP contribution is -2.30. The van der Waals surface area contributed by atoms with Crippen molar-refractivity contribution in [1.29, 1.82) is 0 Å². The van der Waals surface area contributed by atoms with Crippen LogP contribution in [0.25, 0.3) is 10.2 Å². The molecule has 0 spiro atoms. The molecule has 4 aromatic rings. The molecule has 0 fully saturated rings. The summed E-state index contributed by atoms with van der Waals surface area (Å²) in [6.45, 7) is 0.300. The number of anilines is 1. The number of rotatable bonds is 10. The Kier molecular flexibility index (Phi) is 7.62. The van der Waals surface area contributed by atoms with Crippen molar-refractivity contribution < 1.29 is 22.7 Å². The van der Waals surface area contributed by atoms with Crippen molar-refractivity contribution in [3.8, 4) is 11.5 Å². The van der Waals surface area contributed by atoms with Gasteiger partial charge in [0.2, 0.25) is 5.91 Å². The van der Waals surface area contributed by atoms with E-state index in [2.05, 4.69) is 9.97 Å². The molecule has 1 amide bonds. The van der Waals surface area contributed by atoms with Crippen LogP contribution in [0.1, 0.15) is 18.4 Å². The van der Waals surface area contributed by atoms with E-state index >= 15 is 0 Å². The molecule has 2 aromatic heterocycles. The topological polar surface area (TPSA) is 98.7 Å². The molecule has 0 aliphatic heterocycles. The highest BCUT2D eigenvalue weighted by Gasteiger charge is 2.22. The van der Waals surface area contributed by atoms with Crippen molar-refractivity contribution >= 4 is 42.4 Å². The Balaban J connectivity index is 1.52. The van der Waals surface area contributed by atoms with Crippen LogP contribution in [0, 0.1) is 0 Å². The van der Waals surface area contributed by atoms with Crippen molar-refractivity contribution in [2.75, 3.05) is 24.9 Å². The number of carbonyl (C=O) groups excluding carboxylic acids is 1. The first-order valence-electron chi connectivity index (χ1n) is 10.9. The zero-order valence-electron chi connectivity index (χ0n) is 19.4. The maximum Gasteiger partial charge on any atom is 0.229 e. The molecule has 35 heavy (non-hydrogen) atoms. The van der Waals surface area contributed by atoms with Crippen LogP contribution in [0.2, 0.25) is 0 Å². The zero-order valence-corrected chi connectivity index (χ0v) is 21.0. The molecule has 0 saturated heterocycles. The van der Waals surface area contributed by atoms with Crippen molar-refractivity contribution in [2.24, 2.45) is 0 Å². The van der Waals surface area contributed by atoms with Gasteiger partial charge in [0.15, 0.2) is 15.0 Å². The van der Waals surface area contributed by atoms with E-state index in [1.807, 2.05) is 30.3 Å². The third-order valence-electron chi connectivity index (χ3n) is 5.43. The predicted octanol–water partition coefficient (Wildman–Crippen LogP) is 4.50. The third kappa shape index (κ3) is 5.77. The van der Waals surface area contributed by atoms with Gasteiger partial charge in [0.05, 0.1) is 36.1 Å². The first-order chi connectivity index (χ1) is 16.9. The van der Waals surface area contributed by atoms with Crippen LogP contribution in [0.15, 0.2) is 71.9 Å². The summed E-state index contributed by atoms with van der Waals surface area (Å²) < 4.78 is 36.9. The second-order valence-electron chi connectivity index (χ2n) is 7.74. The van der Waals surface area contributed by atoms with Gasteiger partial charge in [-0.05, 0) is 60.5 Å². The Hall–Kier alpha value is -3.50. The second kappa shape index (κ2) is 10.8. The van der Waals surface area contributed by atoms with Gasteiger partial charge in [0.1, 0.15) is 17.0 Å². The molecule has 0 aliphatic carbocycles. The summed E-state index contributed by atoms with van der Waals surface area (Å²) in [6.07, 6.45) is 3.59. The molecule has 0 aliphatic rings. The Morgan fingerprint density at radius 2 is 1.74 bits per heavy atom. The number of hydrogen-bond donors (Lipinski definition) is 0. The summed E-state index contributed by atoms with van der Waals surface area (Å²) in [7, 11) is -0.421. The van der Waals surface area contributed by atoms with Crippen LogP contribution in [-0.2, 0) is 21.2 Å². The minimum atomic E-state index is -3.52. The number of benzene rings is 2. The van der Waals surface area contributed by atoms with Gasteiger partial charge in [-0.3, -0.25) is 14.7 Å². The molecular formula is C25H25N3O5S2. The van der Waals surface area contributed by atoms with Crippen LogP contribution in [0.3, 0.4) is 0 Å². The number of methoxy groups -OCH3 is 2. The van der Waals surface area contributed by atoms with Gasteiger partial charge >= 0.3 is 0 Å². The minimum Gasteiger partial charge on any atom is -0.497 e. The van der Waals surface area contributed by atoms with E-state index in [4.69, 9.17) is 9.47 Å². The number of nitrogens with zero attached hydrogens (tertiary/aromatic N) is 3. The Bertz CT molecular complexity index is 1400. The smallest absolute Gasteiger partial charge is 0.229 e. The predicted molar refractivity (Wildman–Crippen MR) is 136 cm³/mol. The first-order valence-corrected chi connectivity index (χ1v) is 13.4. The van der Waals surface area contributed by atoms with Crippen molar-refractivity contribution in [1.82, 2.24) is 9.97 Å². The van der Waals surface area contributed by atoms with Crippen LogP contribution >= 0.6 is 11.3 Å². The highest BCUT2D eigenvalue weighted by atomic mass is 32.2. The minimum absolute atomic E-state index is 0.0630. The molecule has 4 rings (SSSR count). The van der Waals surface area contributed by atoms with Gasteiger partial charge in [-0.25, -0.2) is 13.4 Å². The summed E-state index contributed by atoms with van der Waals surface area (Å²) in [5.74, 6) is 0.872. The molecule has 0 atom stereocenters. The second-order valence-corrected chi connectivity index (χ2v) is 10.9. The van der Waals surface area contributed by atoms with E-state index in [0.29, 0.717) is 28.7 Å². The largest absolute Gasteiger partial charge is 0.497 e. The molecule has 0 bridgehead atoms. The van der Waals surface area contributed by atoms with Crippen LogP contribution in [0.4, 0.5) is 5.13 Å². The number of fused-ring (bicyclic) bond motifs is 1. The molecule has 182 valence electrons. The Labute approximate surface area is 208 Å². The van der Waals surface area contributed by atoms with E-state index in [9.17, 15) is 13.2 Å². The van der Waals surface area contributed by atoms with Crippen LogP contribution in [0.5, 0.6) is 11.5 Å². The molecule has 8 nitrogen and oxygen atoms in total. The van der Waals surface area contributed by atoms with Crippen molar-refractivity contribution in [3.63, 3.8) is 0 Å². The Morgan fingerprint density at radius 3 is 2.43 bits per heavy atom. The van der Waals surface area contributed by atoms with Crippen LogP contribution in [-0.4, -0.2) is 44.3 Å². The van der Waals surface area contributed by atoms with E-state index < -0.39 is 9.84 Å². The molecule has 0 radical (unpaired) electrons. The molecule has 0 unspecified atom stereocenters. The fourth-order valence-corrected chi connectivity index (χ4v) is 5.88. The van der Waals surface area contributed by atoms with Gasteiger partial charge in [-0.1, -0.05) is 17.4 Å². The van der Waals surface area contributed by atoms with Crippen LogP contribution < -0.4 is 14.4 Å². The zero-order chi connectivity index (χ0) is 24.8. The van der Waals surface area contributed by atoms with Gasteiger partial charge in [-0.2, -0.15) is 0 Å². The lowest BCUT2D eigenvalue weighted by atomic mass is 10.2. The molecule has 2 heterocycles. The summed E-state index contributed by atoms with van der Waals surface area (Å²) >= 11 is 1.39. The summed E-state index contributed by atoms with van der Waals surface area (Å²) in [5.41, 5.74) is 1.58. The normalized spacial score (nSPS) is 11.4. The SMILES string of the molecule is COc1ccc(S(=O)(=O)CCCC(=O)N(Cc2ccncc2)c2nc3c(OC)cccc3s2)cc1. The number of thiazole rings is 1. The molecular weight excluding hydrogens is 486 g/mol. The number of pyridine rings is 1. The van der Waals surface area contributed by atoms with Gasteiger partial charge in [-0.15, -0.1) is 0 Å². The fourth-order valence-electron chi connectivity index (χ4n) is 3.57. The highest BCUT2D eigenvalue weighted by Crippen LogP contribution is 2.35. The van der Waals surface area contributed by atoms with E-state index in [0.717, 1.165) is 10.3 Å². The lowest BCUT2D eigenvalue weighted by Gasteiger charge is -2.20. The van der Waals surface area contributed by atoms with Gasteiger partial charge in [0, 0.05) is 18.8 Å². The summed E-state index contributed by atoms with van der Waals surface area (Å²) in [6, 6.07) is 15.5. The number of ether oxygens (including phenoxy) is 2. The molecule has 0 saturated carbocycles. The van der Waals surface area contributed by atoms with E-state index in [1.54, 1.807) is 36.5 Å². The third-order valence-corrected chi connectivity index (χ3v) is 8.29. The number of para-hydroxylation sites is 1. The molecule has 10 heteroatoms. The fraction of sp³-hybridized carbons (Fsp3) is 0.240. The first kappa shape index (κ1) is 24.6. The lowest BCUT2D eigenvalue weighted by molar-refractivity contribution is -0.118. The molecule has 0 N–H and O–H groups in total. The quantitative estimate of drug-likeness (QED) is 0.309. The Morgan fingerprint density at radius 1 is 1.00 bits per heavy atom. The monoisotopic (exact) mass is 511 g/mol. The average Bonchev–Trinajstić information content (AvgIpc) is 3.32. The maximum absolute atomic E-state index is 13.3. The summed E-state index contributed by atoms with van der Waals surface area (Å²) in [4.78, 5) is 23.8. The molecule has 2 aromatic carbocycles. The highest BCUT2D eigenvalue weighted by molar-refractivity contribution is 7.91. The number of hydrogen-bond acceptors (Lipinski definition) is 8. The van der Waals surface area contributed by atoms with E-state index in [1.165, 1.54) is 30.6 Å². The van der Waals surface area contributed by atoms with Gasteiger partial charge < -0.3 is 9.47 Å². The number of carbonyl (C=O) groups is 1. The average molecular weight is 512 g/mol.